The van der Waals surface area contributed by atoms with Crippen molar-refractivity contribution in [2.75, 3.05) is 5.43 Å². The summed E-state index contributed by atoms with van der Waals surface area (Å²) in [5, 5.41) is 26.0. The first-order chi connectivity index (χ1) is 12.1. The number of rotatable bonds is 5. The van der Waals surface area contributed by atoms with Gasteiger partial charge in [-0.1, -0.05) is 0 Å². The Morgan fingerprint density at radius 2 is 1.96 bits per heavy atom. The number of nitro groups is 2. The Morgan fingerprint density at radius 3 is 2.54 bits per heavy atom. The number of hydrazone groups is 1. The molecule has 1 aromatic carbocycles. The Hall–Kier alpha value is -3.04. The first kappa shape index (κ1) is 19.3. The summed E-state index contributed by atoms with van der Waals surface area (Å²) in [5.41, 5.74) is 1.67. The minimum absolute atomic E-state index is 0.0166. The number of esters is 1. The van der Waals surface area contributed by atoms with Crippen LogP contribution in [0.15, 0.2) is 23.3 Å². The van der Waals surface area contributed by atoms with E-state index in [0.717, 1.165) is 18.6 Å². The molecule has 0 saturated heterocycles. The number of ether oxygens (including phenoxy) is 1. The molecule has 0 aliphatic heterocycles. The van der Waals surface area contributed by atoms with Gasteiger partial charge in [0.05, 0.1) is 27.5 Å². The van der Waals surface area contributed by atoms with Crippen molar-refractivity contribution in [3.05, 3.63) is 38.4 Å². The minimum atomic E-state index is -0.727. The van der Waals surface area contributed by atoms with Crippen molar-refractivity contribution in [1.29, 1.82) is 0 Å². The minimum Gasteiger partial charge on any atom is -0.459 e. The van der Waals surface area contributed by atoms with Crippen LogP contribution in [0.4, 0.5) is 17.1 Å². The number of hydrogen-bond acceptors (Lipinski definition) is 8. The predicted molar refractivity (Wildman–Crippen MR) is 94.0 cm³/mol. The maximum atomic E-state index is 12.3. The molecule has 1 fully saturated rings. The smallest absolute Gasteiger partial charge is 0.315 e. The zero-order valence-corrected chi connectivity index (χ0v) is 14.7. The molecule has 140 valence electrons. The first-order valence-corrected chi connectivity index (χ1v) is 8.06. The average molecular weight is 364 g/mol. The zero-order chi connectivity index (χ0) is 19.5. The van der Waals surface area contributed by atoms with Gasteiger partial charge in [-0.3, -0.25) is 30.4 Å². The van der Waals surface area contributed by atoms with Gasteiger partial charge >= 0.3 is 11.7 Å². The fourth-order valence-electron chi connectivity index (χ4n) is 2.60. The lowest BCUT2D eigenvalue weighted by molar-refractivity contribution is -0.393. The lowest BCUT2D eigenvalue weighted by Gasteiger charge is -2.22. The molecule has 26 heavy (non-hydrogen) atoms. The number of hydrogen-bond donors (Lipinski definition) is 1. The van der Waals surface area contributed by atoms with E-state index in [0.29, 0.717) is 18.6 Å². The lowest BCUT2D eigenvalue weighted by atomic mass is 10.1. The molecule has 1 aliphatic carbocycles. The standard InChI is InChI=1S/C16H20N4O6/c1-16(2,3)26-15(21)11-5-4-6-12(11)17-18-13-8-7-10(19(22)23)9-14(13)20(24)25/h7-9,11,18H,4-6H2,1-3H3/b17-12-. The molecule has 1 atom stereocenters. The predicted octanol–water partition coefficient (Wildman–Crippen LogP) is 3.41. The topological polar surface area (TPSA) is 137 Å². The van der Waals surface area contributed by atoms with Crippen LogP contribution in [-0.4, -0.2) is 27.1 Å². The van der Waals surface area contributed by atoms with Crippen molar-refractivity contribution in [2.45, 2.75) is 45.6 Å². The van der Waals surface area contributed by atoms with Gasteiger partial charge in [-0.15, -0.1) is 0 Å². The summed E-state index contributed by atoms with van der Waals surface area (Å²) in [4.78, 5) is 32.7. The quantitative estimate of drug-likeness (QED) is 0.480. The van der Waals surface area contributed by atoms with Crippen LogP contribution in [0.3, 0.4) is 0 Å². The molecule has 0 amide bonds. The van der Waals surface area contributed by atoms with E-state index in [1.807, 2.05) is 0 Å². The Balaban J connectivity index is 2.21. The average Bonchev–Trinajstić information content (AvgIpc) is 2.99. The molecule has 1 aromatic rings. The third-order valence-corrected chi connectivity index (χ3v) is 3.73. The van der Waals surface area contributed by atoms with Crippen molar-refractivity contribution in [3.8, 4) is 0 Å². The molecule has 1 unspecified atom stereocenters. The highest BCUT2D eigenvalue weighted by Crippen LogP contribution is 2.30. The highest BCUT2D eigenvalue weighted by Gasteiger charge is 2.33. The molecule has 0 spiro atoms. The van der Waals surface area contributed by atoms with Crippen LogP contribution in [0.5, 0.6) is 0 Å². The molecule has 1 N–H and O–H groups in total. The van der Waals surface area contributed by atoms with Crippen LogP contribution in [-0.2, 0) is 9.53 Å². The van der Waals surface area contributed by atoms with Gasteiger partial charge in [-0.2, -0.15) is 5.10 Å². The van der Waals surface area contributed by atoms with Gasteiger partial charge in [0, 0.05) is 6.07 Å². The summed E-state index contributed by atoms with van der Waals surface area (Å²) in [6.45, 7) is 5.32. The maximum Gasteiger partial charge on any atom is 0.315 e. The van der Waals surface area contributed by atoms with Crippen LogP contribution in [0.25, 0.3) is 0 Å². The number of benzene rings is 1. The zero-order valence-electron chi connectivity index (χ0n) is 14.7. The van der Waals surface area contributed by atoms with Gasteiger partial charge in [0.15, 0.2) is 0 Å². The van der Waals surface area contributed by atoms with E-state index in [4.69, 9.17) is 4.74 Å². The number of carbonyl (C=O) groups excluding carboxylic acids is 1. The molecule has 10 heteroatoms. The van der Waals surface area contributed by atoms with Crippen molar-refractivity contribution in [2.24, 2.45) is 11.0 Å². The fourth-order valence-corrected chi connectivity index (χ4v) is 2.60. The molecule has 2 rings (SSSR count). The molecule has 10 nitrogen and oxygen atoms in total. The molecular weight excluding hydrogens is 344 g/mol. The molecule has 0 bridgehead atoms. The van der Waals surface area contributed by atoms with Gasteiger partial charge in [0.2, 0.25) is 0 Å². The van der Waals surface area contributed by atoms with Gasteiger partial charge in [-0.05, 0) is 46.1 Å². The number of nitro benzene ring substituents is 2. The molecule has 0 radical (unpaired) electrons. The normalized spacial score (nSPS) is 18.6. The van der Waals surface area contributed by atoms with Crippen LogP contribution in [0, 0.1) is 26.1 Å². The number of anilines is 1. The van der Waals surface area contributed by atoms with Crippen molar-refractivity contribution < 1.29 is 19.4 Å². The van der Waals surface area contributed by atoms with E-state index in [1.165, 1.54) is 6.07 Å². The number of nitrogens with zero attached hydrogens (tertiary/aromatic N) is 3. The van der Waals surface area contributed by atoms with Crippen molar-refractivity contribution in [1.82, 2.24) is 0 Å². The largest absolute Gasteiger partial charge is 0.459 e. The monoisotopic (exact) mass is 364 g/mol. The number of non-ortho nitro benzene ring substituents is 1. The third kappa shape index (κ3) is 4.74. The molecule has 0 aromatic heterocycles. The van der Waals surface area contributed by atoms with E-state index in [9.17, 15) is 25.0 Å². The molecular formula is C16H20N4O6. The SMILES string of the molecule is CC(C)(C)OC(=O)C1CCC/C1=N/Nc1ccc([N+](=O)[O-])cc1[N+](=O)[O-]. The third-order valence-electron chi connectivity index (χ3n) is 3.73. The summed E-state index contributed by atoms with van der Waals surface area (Å²) < 4.78 is 5.38. The summed E-state index contributed by atoms with van der Waals surface area (Å²) in [5.74, 6) is -0.882. The summed E-state index contributed by atoms with van der Waals surface area (Å²) in [6, 6.07) is 3.23. The Labute approximate surface area is 149 Å². The van der Waals surface area contributed by atoms with E-state index in [2.05, 4.69) is 10.5 Å². The van der Waals surface area contributed by atoms with Crippen LogP contribution >= 0.6 is 0 Å². The Bertz CT molecular complexity index is 768. The highest BCUT2D eigenvalue weighted by molar-refractivity contribution is 6.04. The number of carbonyl (C=O) groups is 1. The Morgan fingerprint density at radius 1 is 1.27 bits per heavy atom. The summed E-state index contributed by atoms with van der Waals surface area (Å²) in [6.07, 6.45) is 1.92. The van der Waals surface area contributed by atoms with Crippen molar-refractivity contribution >= 4 is 28.7 Å². The van der Waals surface area contributed by atoms with E-state index in [1.54, 1.807) is 20.8 Å². The van der Waals surface area contributed by atoms with Crippen LogP contribution in [0.2, 0.25) is 0 Å². The van der Waals surface area contributed by atoms with Crippen molar-refractivity contribution in [3.63, 3.8) is 0 Å². The number of nitrogens with one attached hydrogen (secondary N) is 1. The molecule has 0 heterocycles. The van der Waals surface area contributed by atoms with Gasteiger partial charge in [0.1, 0.15) is 11.3 Å². The van der Waals surface area contributed by atoms with E-state index < -0.39 is 27.1 Å². The lowest BCUT2D eigenvalue weighted by Crippen LogP contribution is -2.30. The van der Waals surface area contributed by atoms with Crippen LogP contribution < -0.4 is 5.43 Å². The maximum absolute atomic E-state index is 12.3. The van der Waals surface area contributed by atoms with E-state index in [-0.39, 0.29) is 17.3 Å². The summed E-state index contributed by atoms with van der Waals surface area (Å²) >= 11 is 0. The molecule has 1 aliphatic rings. The van der Waals surface area contributed by atoms with Gasteiger partial charge < -0.3 is 4.74 Å². The second-order valence-electron chi connectivity index (χ2n) is 6.91. The Kier molecular flexibility index (Phi) is 5.53. The van der Waals surface area contributed by atoms with Gasteiger partial charge in [0.25, 0.3) is 5.69 Å². The molecule has 1 saturated carbocycles. The fraction of sp³-hybridized carbons (Fsp3) is 0.500. The second kappa shape index (κ2) is 7.46. The highest BCUT2D eigenvalue weighted by atomic mass is 16.6. The van der Waals surface area contributed by atoms with Crippen LogP contribution in [0.1, 0.15) is 40.0 Å². The van der Waals surface area contributed by atoms with Gasteiger partial charge in [-0.25, -0.2) is 0 Å². The first-order valence-electron chi connectivity index (χ1n) is 8.06. The van der Waals surface area contributed by atoms with E-state index >= 15 is 0 Å². The summed E-state index contributed by atoms with van der Waals surface area (Å²) in [7, 11) is 0. The second-order valence-corrected chi connectivity index (χ2v) is 6.91.